The minimum atomic E-state index is -3.62. The number of hydrogen-bond acceptors (Lipinski definition) is 3. The van der Waals surface area contributed by atoms with E-state index < -0.39 is 16.0 Å². The number of rotatable bonds is 5. The summed E-state index contributed by atoms with van der Waals surface area (Å²) >= 11 is 6.02. The molecule has 1 aromatic rings. The van der Waals surface area contributed by atoms with Gasteiger partial charge in [0.1, 0.15) is 5.82 Å². The summed E-state index contributed by atoms with van der Waals surface area (Å²) in [5.74, 6) is 0.0563. The summed E-state index contributed by atoms with van der Waals surface area (Å²) in [4.78, 5) is 0. The molecule has 2 aliphatic heterocycles. The molecule has 0 amide bonds. The zero-order valence-corrected chi connectivity index (χ0v) is 16.0. The topological polar surface area (TPSA) is 52.7 Å². The van der Waals surface area contributed by atoms with Crippen LogP contribution in [0.4, 0.5) is 4.39 Å². The Kier molecular flexibility index (Phi) is 6.00. The summed E-state index contributed by atoms with van der Waals surface area (Å²) < 4.78 is 42.3. The lowest BCUT2D eigenvalue weighted by molar-refractivity contribution is 0.224. The molecule has 1 N–H and O–H groups in total. The lowest BCUT2D eigenvalue weighted by Crippen LogP contribution is -2.47. The summed E-state index contributed by atoms with van der Waals surface area (Å²) in [5.41, 5.74) is 0.209. The Morgan fingerprint density at radius 2 is 2.04 bits per heavy atom. The zero-order chi connectivity index (χ0) is 18.0. The predicted octanol–water partition coefficient (Wildman–Crippen LogP) is 2.62. The second kappa shape index (κ2) is 7.88. The van der Waals surface area contributed by atoms with Crippen molar-refractivity contribution in [1.82, 2.24) is 13.9 Å². The summed E-state index contributed by atoms with van der Waals surface area (Å²) in [6.07, 6.45) is 4.12. The number of halogens is 2. The SMILES string of the molecule is CN(Cc1c(F)cccc1Cl)S(=O)(=O)N1CCC(C2CCCN2)CC1. The van der Waals surface area contributed by atoms with E-state index in [1.807, 2.05) is 0 Å². The number of benzene rings is 1. The van der Waals surface area contributed by atoms with E-state index in [-0.39, 0.29) is 17.1 Å². The van der Waals surface area contributed by atoms with E-state index in [4.69, 9.17) is 11.6 Å². The maximum absolute atomic E-state index is 13.9. The maximum atomic E-state index is 13.9. The van der Waals surface area contributed by atoms with Gasteiger partial charge in [0.2, 0.25) is 0 Å². The molecule has 8 heteroatoms. The quantitative estimate of drug-likeness (QED) is 0.842. The number of piperidine rings is 1. The lowest BCUT2D eigenvalue weighted by Gasteiger charge is -2.36. The fraction of sp³-hybridized carbons (Fsp3) is 0.647. The largest absolute Gasteiger partial charge is 0.314 e. The molecule has 0 bridgehead atoms. The molecule has 0 spiro atoms. The fourth-order valence-electron chi connectivity index (χ4n) is 3.81. The van der Waals surface area contributed by atoms with Gasteiger partial charge >= 0.3 is 0 Å². The van der Waals surface area contributed by atoms with E-state index in [2.05, 4.69) is 5.32 Å². The average Bonchev–Trinajstić information content (AvgIpc) is 3.13. The van der Waals surface area contributed by atoms with Crippen molar-refractivity contribution in [2.75, 3.05) is 26.7 Å². The minimum Gasteiger partial charge on any atom is -0.314 e. The van der Waals surface area contributed by atoms with Gasteiger partial charge in [0, 0.05) is 43.3 Å². The van der Waals surface area contributed by atoms with Crippen LogP contribution in [0.1, 0.15) is 31.2 Å². The van der Waals surface area contributed by atoms with Crippen molar-refractivity contribution >= 4 is 21.8 Å². The van der Waals surface area contributed by atoms with Gasteiger partial charge in [0.15, 0.2) is 0 Å². The van der Waals surface area contributed by atoms with Crippen LogP contribution in [0, 0.1) is 11.7 Å². The van der Waals surface area contributed by atoms with Crippen molar-refractivity contribution in [3.8, 4) is 0 Å². The van der Waals surface area contributed by atoms with Crippen LogP contribution in [-0.2, 0) is 16.8 Å². The van der Waals surface area contributed by atoms with Crippen molar-refractivity contribution in [2.24, 2.45) is 5.92 Å². The number of nitrogens with one attached hydrogen (secondary N) is 1. The van der Waals surface area contributed by atoms with Crippen molar-refractivity contribution in [3.05, 3.63) is 34.6 Å². The summed E-state index contributed by atoms with van der Waals surface area (Å²) in [6.45, 7) is 2.02. The van der Waals surface area contributed by atoms with Gasteiger partial charge in [-0.1, -0.05) is 17.7 Å². The normalized spacial score (nSPS) is 23.4. The Labute approximate surface area is 154 Å². The van der Waals surface area contributed by atoms with Crippen LogP contribution < -0.4 is 5.32 Å². The molecule has 2 saturated heterocycles. The third kappa shape index (κ3) is 4.17. The Bertz CT molecular complexity index is 682. The molecule has 1 atom stereocenters. The van der Waals surface area contributed by atoms with Crippen molar-refractivity contribution in [3.63, 3.8) is 0 Å². The first-order valence-corrected chi connectivity index (χ1v) is 10.5. The molecule has 0 aliphatic carbocycles. The monoisotopic (exact) mass is 389 g/mol. The Balaban J connectivity index is 1.63. The van der Waals surface area contributed by atoms with E-state index in [9.17, 15) is 12.8 Å². The summed E-state index contributed by atoms with van der Waals surface area (Å²) in [6, 6.07) is 4.90. The molecule has 2 heterocycles. The molecule has 2 aliphatic rings. The highest BCUT2D eigenvalue weighted by Crippen LogP contribution is 2.28. The van der Waals surface area contributed by atoms with Gasteiger partial charge in [-0.15, -0.1) is 0 Å². The highest BCUT2D eigenvalue weighted by molar-refractivity contribution is 7.86. The van der Waals surface area contributed by atoms with Crippen LogP contribution in [0.15, 0.2) is 18.2 Å². The lowest BCUT2D eigenvalue weighted by atomic mass is 9.89. The van der Waals surface area contributed by atoms with Crippen LogP contribution in [-0.4, -0.2) is 49.8 Å². The smallest absolute Gasteiger partial charge is 0.282 e. The van der Waals surface area contributed by atoms with Crippen LogP contribution in [0.2, 0.25) is 5.02 Å². The first kappa shape index (κ1) is 19.0. The molecule has 5 nitrogen and oxygen atoms in total. The van der Waals surface area contributed by atoms with Crippen molar-refractivity contribution in [2.45, 2.75) is 38.3 Å². The van der Waals surface area contributed by atoms with Gasteiger partial charge in [-0.05, 0) is 50.3 Å². The molecule has 0 saturated carbocycles. The first-order valence-electron chi connectivity index (χ1n) is 8.77. The van der Waals surface area contributed by atoms with Gasteiger partial charge in [0.05, 0.1) is 0 Å². The molecule has 140 valence electrons. The molecule has 1 aromatic carbocycles. The molecule has 0 radical (unpaired) electrons. The van der Waals surface area contributed by atoms with Crippen LogP contribution >= 0.6 is 11.6 Å². The molecule has 0 aromatic heterocycles. The van der Waals surface area contributed by atoms with E-state index in [0.29, 0.717) is 25.0 Å². The van der Waals surface area contributed by atoms with E-state index in [1.54, 1.807) is 6.07 Å². The van der Waals surface area contributed by atoms with Gasteiger partial charge in [0.25, 0.3) is 10.2 Å². The van der Waals surface area contributed by atoms with Gasteiger partial charge in [-0.25, -0.2) is 4.39 Å². The summed E-state index contributed by atoms with van der Waals surface area (Å²) in [7, 11) is -2.14. The van der Waals surface area contributed by atoms with E-state index in [0.717, 1.165) is 19.4 Å². The average molecular weight is 390 g/mol. The molecule has 25 heavy (non-hydrogen) atoms. The standard InChI is InChI=1S/C17H25ClFN3O2S/c1-21(12-14-15(18)4-2-5-16(14)19)25(23,24)22-10-7-13(8-11-22)17-6-3-9-20-17/h2,4-5,13,17,20H,3,6-12H2,1H3. The first-order chi connectivity index (χ1) is 11.9. The zero-order valence-electron chi connectivity index (χ0n) is 14.4. The Hall–Kier alpha value is -0.730. The Morgan fingerprint density at radius 1 is 1.32 bits per heavy atom. The minimum absolute atomic E-state index is 0.0715. The maximum Gasteiger partial charge on any atom is 0.282 e. The second-order valence-corrected chi connectivity index (χ2v) is 9.35. The van der Waals surface area contributed by atoms with Crippen LogP contribution in [0.25, 0.3) is 0 Å². The predicted molar refractivity (Wildman–Crippen MR) is 97.1 cm³/mol. The van der Waals surface area contributed by atoms with Crippen molar-refractivity contribution in [1.29, 1.82) is 0 Å². The van der Waals surface area contributed by atoms with Gasteiger partial charge in [-0.2, -0.15) is 17.0 Å². The fourth-order valence-corrected chi connectivity index (χ4v) is 5.39. The molecular formula is C17H25ClFN3O2S. The third-order valence-electron chi connectivity index (χ3n) is 5.33. The molecule has 3 rings (SSSR count). The van der Waals surface area contributed by atoms with Gasteiger partial charge < -0.3 is 5.32 Å². The van der Waals surface area contributed by atoms with E-state index >= 15 is 0 Å². The van der Waals surface area contributed by atoms with Crippen LogP contribution in [0.5, 0.6) is 0 Å². The Morgan fingerprint density at radius 3 is 2.64 bits per heavy atom. The van der Waals surface area contributed by atoms with E-state index in [1.165, 1.54) is 40.6 Å². The second-order valence-electron chi connectivity index (χ2n) is 6.90. The number of nitrogens with zero attached hydrogens (tertiary/aromatic N) is 2. The molecule has 1 unspecified atom stereocenters. The van der Waals surface area contributed by atoms with Gasteiger partial charge in [-0.3, -0.25) is 0 Å². The van der Waals surface area contributed by atoms with Crippen molar-refractivity contribution < 1.29 is 12.8 Å². The molecule has 2 fully saturated rings. The van der Waals surface area contributed by atoms with Crippen LogP contribution in [0.3, 0.4) is 0 Å². The highest BCUT2D eigenvalue weighted by Gasteiger charge is 2.34. The highest BCUT2D eigenvalue weighted by atomic mass is 35.5. The number of hydrogen-bond donors (Lipinski definition) is 1. The molecular weight excluding hydrogens is 365 g/mol. The third-order valence-corrected chi connectivity index (χ3v) is 7.62. The summed E-state index contributed by atoms with van der Waals surface area (Å²) in [5, 5.41) is 3.76.